The first-order chi connectivity index (χ1) is 4.90. The molecule has 0 aliphatic carbocycles. The van der Waals surface area contributed by atoms with Crippen LogP contribution in [0.15, 0.2) is 0 Å². The van der Waals surface area contributed by atoms with Gasteiger partial charge in [-0.1, -0.05) is 0 Å². The fourth-order valence-corrected chi connectivity index (χ4v) is 1.68. The molecule has 58 valence electrons. The summed E-state index contributed by atoms with van der Waals surface area (Å²) in [4.78, 5) is 0. The summed E-state index contributed by atoms with van der Waals surface area (Å²) in [6.45, 7) is 0.598. The molecule has 2 rings (SSSR count). The van der Waals surface area contributed by atoms with Crippen molar-refractivity contribution in [2.75, 3.05) is 6.54 Å². The van der Waals surface area contributed by atoms with Crippen LogP contribution < -0.4 is 5.73 Å². The fourth-order valence-electron chi connectivity index (χ4n) is 1.68. The van der Waals surface area contributed by atoms with E-state index in [9.17, 15) is 0 Å². The van der Waals surface area contributed by atoms with Gasteiger partial charge in [-0.3, -0.25) is 0 Å². The topological polar surface area (TPSA) is 44.5 Å². The zero-order valence-corrected chi connectivity index (χ0v) is 5.95. The minimum absolute atomic E-state index is 0.0623. The van der Waals surface area contributed by atoms with Crippen molar-refractivity contribution < 1.29 is 9.47 Å². The minimum Gasteiger partial charge on any atom is -0.347 e. The molecule has 2 N–H and O–H groups in total. The maximum atomic E-state index is 5.50. The first-order valence-electron chi connectivity index (χ1n) is 3.91. The summed E-state index contributed by atoms with van der Waals surface area (Å²) in [6.07, 6.45) is 3.93. The van der Waals surface area contributed by atoms with Gasteiger partial charge in [0, 0.05) is 6.54 Å². The number of hydrogen-bond acceptors (Lipinski definition) is 3. The molecule has 2 saturated heterocycles. The molecular weight excluding hydrogens is 130 g/mol. The van der Waals surface area contributed by atoms with Gasteiger partial charge < -0.3 is 15.2 Å². The number of fused-ring (bicyclic) bond motifs is 2. The van der Waals surface area contributed by atoms with Crippen molar-refractivity contribution in [3.8, 4) is 0 Å². The Morgan fingerprint density at radius 2 is 2.20 bits per heavy atom. The van der Waals surface area contributed by atoms with E-state index in [4.69, 9.17) is 15.2 Å². The minimum atomic E-state index is 0.0623. The Balaban J connectivity index is 2.01. The molecule has 3 unspecified atom stereocenters. The second kappa shape index (κ2) is 2.49. The molecule has 0 spiro atoms. The average Bonchev–Trinajstić information content (AvgIpc) is 2.26. The van der Waals surface area contributed by atoms with E-state index >= 15 is 0 Å². The van der Waals surface area contributed by atoms with Gasteiger partial charge in [0.25, 0.3) is 0 Å². The molecule has 2 fully saturated rings. The molecule has 0 amide bonds. The Kier molecular flexibility index (Phi) is 1.64. The lowest BCUT2D eigenvalue weighted by Crippen LogP contribution is -2.30. The molecule has 0 aromatic heterocycles. The first kappa shape index (κ1) is 6.58. The monoisotopic (exact) mass is 143 g/mol. The molecule has 0 aromatic rings. The summed E-state index contributed by atoms with van der Waals surface area (Å²) >= 11 is 0. The summed E-state index contributed by atoms with van der Waals surface area (Å²) in [5.41, 5.74) is 5.48. The summed E-state index contributed by atoms with van der Waals surface area (Å²) in [6, 6.07) is 0. The van der Waals surface area contributed by atoms with Gasteiger partial charge in [-0.05, 0) is 19.3 Å². The molecule has 3 nitrogen and oxygen atoms in total. The van der Waals surface area contributed by atoms with E-state index < -0.39 is 0 Å². The summed E-state index contributed by atoms with van der Waals surface area (Å²) < 4.78 is 11.0. The molecule has 10 heavy (non-hydrogen) atoms. The van der Waals surface area contributed by atoms with Crippen LogP contribution in [0.4, 0.5) is 0 Å². The number of rotatable bonds is 1. The molecule has 3 heteroatoms. The van der Waals surface area contributed by atoms with Crippen molar-refractivity contribution >= 4 is 0 Å². The molecule has 0 saturated carbocycles. The second-order valence-electron chi connectivity index (χ2n) is 2.95. The van der Waals surface area contributed by atoms with Crippen LogP contribution in [-0.2, 0) is 9.47 Å². The largest absolute Gasteiger partial charge is 0.347 e. The van der Waals surface area contributed by atoms with Crippen LogP contribution in [0, 0.1) is 0 Å². The van der Waals surface area contributed by atoms with E-state index in [1.807, 2.05) is 0 Å². The van der Waals surface area contributed by atoms with Crippen molar-refractivity contribution in [2.45, 2.75) is 37.8 Å². The summed E-state index contributed by atoms with van der Waals surface area (Å²) in [5, 5.41) is 0. The Morgan fingerprint density at radius 3 is 2.90 bits per heavy atom. The molecule has 0 radical (unpaired) electrons. The zero-order chi connectivity index (χ0) is 6.97. The van der Waals surface area contributed by atoms with Crippen LogP contribution in [0.25, 0.3) is 0 Å². The van der Waals surface area contributed by atoms with E-state index in [1.165, 1.54) is 6.42 Å². The van der Waals surface area contributed by atoms with Gasteiger partial charge in [-0.15, -0.1) is 0 Å². The van der Waals surface area contributed by atoms with E-state index in [1.54, 1.807) is 0 Å². The molecule has 2 aliphatic heterocycles. The van der Waals surface area contributed by atoms with Crippen LogP contribution in [-0.4, -0.2) is 25.0 Å². The van der Waals surface area contributed by atoms with E-state index in [2.05, 4.69) is 0 Å². The van der Waals surface area contributed by atoms with Crippen molar-refractivity contribution in [3.05, 3.63) is 0 Å². The van der Waals surface area contributed by atoms with E-state index in [0.29, 0.717) is 12.6 Å². The van der Waals surface area contributed by atoms with Gasteiger partial charge in [0.15, 0.2) is 6.29 Å². The molecule has 3 atom stereocenters. The van der Waals surface area contributed by atoms with Crippen LogP contribution in [0.1, 0.15) is 19.3 Å². The molecule has 0 aromatic carbocycles. The Labute approximate surface area is 60.5 Å². The fraction of sp³-hybridized carbons (Fsp3) is 1.00. The smallest absolute Gasteiger partial charge is 0.158 e. The quantitative estimate of drug-likeness (QED) is 0.572. The highest BCUT2D eigenvalue weighted by Crippen LogP contribution is 2.30. The zero-order valence-electron chi connectivity index (χ0n) is 5.95. The van der Waals surface area contributed by atoms with Crippen molar-refractivity contribution in [2.24, 2.45) is 5.73 Å². The van der Waals surface area contributed by atoms with Crippen molar-refractivity contribution in [1.82, 2.24) is 0 Å². The Bertz CT molecular complexity index is 129. The number of hydrogen-bond donors (Lipinski definition) is 1. The Hall–Kier alpha value is -0.120. The van der Waals surface area contributed by atoms with Gasteiger partial charge in [-0.2, -0.15) is 0 Å². The van der Waals surface area contributed by atoms with E-state index in [0.717, 1.165) is 12.8 Å². The van der Waals surface area contributed by atoms with Crippen molar-refractivity contribution in [3.63, 3.8) is 0 Å². The maximum Gasteiger partial charge on any atom is 0.158 e. The van der Waals surface area contributed by atoms with Gasteiger partial charge >= 0.3 is 0 Å². The van der Waals surface area contributed by atoms with Gasteiger partial charge in [0.2, 0.25) is 0 Å². The second-order valence-corrected chi connectivity index (χ2v) is 2.95. The predicted molar refractivity (Wildman–Crippen MR) is 36.4 cm³/mol. The number of nitrogens with two attached hydrogens (primary N) is 1. The third-order valence-electron chi connectivity index (χ3n) is 2.23. The molecule has 2 aliphatic rings. The third kappa shape index (κ3) is 0.944. The van der Waals surface area contributed by atoms with Crippen LogP contribution in [0.5, 0.6) is 0 Å². The van der Waals surface area contributed by atoms with Crippen LogP contribution >= 0.6 is 0 Å². The molecule has 2 bridgehead atoms. The highest BCUT2D eigenvalue weighted by atomic mass is 16.7. The number of ether oxygens (including phenoxy) is 2. The first-order valence-corrected chi connectivity index (χ1v) is 3.91. The molecular formula is C7H13NO2. The van der Waals surface area contributed by atoms with Crippen LogP contribution in [0.3, 0.4) is 0 Å². The van der Waals surface area contributed by atoms with Gasteiger partial charge in [-0.25, -0.2) is 0 Å². The van der Waals surface area contributed by atoms with Crippen LogP contribution in [0.2, 0.25) is 0 Å². The lowest BCUT2D eigenvalue weighted by molar-refractivity contribution is -0.0859. The highest BCUT2D eigenvalue weighted by molar-refractivity contribution is 4.82. The predicted octanol–water partition coefficient (Wildman–Crippen LogP) is 0.239. The Morgan fingerprint density at radius 1 is 1.30 bits per heavy atom. The van der Waals surface area contributed by atoms with Crippen molar-refractivity contribution in [1.29, 1.82) is 0 Å². The third-order valence-corrected chi connectivity index (χ3v) is 2.23. The average molecular weight is 143 g/mol. The normalized spacial score (nSPS) is 45.9. The summed E-state index contributed by atoms with van der Waals surface area (Å²) in [7, 11) is 0. The summed E-state index contributed by atoms with van der Waals surface area (Å²) in [5.74, 6) is 0. The highest BCUT2D eigenvalue weighted by Gasteiger charge is 2.37. The van der Waals surface area contributed by atoms with E-state index in [-0.39, 0.29) is 12.4 Å². The SMILES string of the molecule is NCC1OC2CCCC1O2. The molecule has 2 heterocycles. The standard InChI is InChI=1S/C7H13NO2/c8-4-6-5-2-1-3-7(9-5)10-6/h5-7H,1-4,8H2. The lowest BCUT2D eigenvalue weighted by atomic mass is 10.1. The lowest BCUT2D eigenvalue weighted by Gasteiger charge is -2.17. The maximum absolute atomic E-state index is 5.50. The van der Waals surface area contributed by atoms with Gasteiger partial charge in [0.1, 0.15) is 0 Å². The van der Waals surface area contributed by atoms with Gasteiger partial charge in [0.05, 0.1) is 12.2 Å².